The zero-order valence-corrected chi connectivity index (χ0v) is 10.8. The molecule has 0 aromatic heterocycles. The largest absolute Gasteiger partial charge is 0.384 e. The van der Waals surface area contributed by atoms with E-state index < -0.39 is 6.10 Å². The van der Waals surface area contributed by atoms with Crippen LogP contribution in [0, 0.1) is 0 Å². The fraction of sp³-hybridized carbons (Fsp3) is 0.0714. The van der Waals surface area contributed by atoms with Crippen molar-refractivity contribution in [3.05, 3.63) is 69.2 Å². The Bertz CT molecular complexity index is 582. The van der Waals surface area contributed by atoms with Crippen LogP contribution in [0.4, 0.5) is 0 Å². The highest BCUT2D eigenvalue weighted by Gasteiger charge is 2.16. The second-order valence-electron chi connectivity index (χ2n) is 3.82. The highest BCUT2D eigenvalue weighted by atomic mass is 35.5. The summed E-state index contributed by atoms with van der Waals surface area (Å²) >= 11 is 12.1. The molecule has 0 spiro atoms. The maximum absolute atomic E-state index is 10.6. The molecule has 1 atom stereocenters. The first kappa shape index (κ1) is 13.1. The van der Waals surface area contributed by atoms with Gasteiger partial charge in [0, 0.05) is 26.7 Å². The van der Waals surface area contributed by atoms with Gasteiger partial charge in [0.2, 0.25) is 0 Å². The Morgan fingerprint density at radius 3 is 2.28 bits per heavy atom. The molecule has 0 heterocycles. The van der Waals surface area contributed by atoms with Crippen molar-refractivity contribution in [1.82, 2.24) is 0 Å². The number of rotatable bonds is 3. The molecule has 0 aliphatic heterocycles. The van der Waals surface area contributed by atoms with Crippen LogP contribution in [0.25, 0.3) is 0 Å². The minimum Gasteiger partial charge on any atom is -0.384 e. The first-order chi connectivity index (χ1) is 8.63. The Hall–Kier alpha value is -1.35. The lowest BCUT2D eigenvalue weighted by Gasteiger charge is -2.14. The van der Waals surface area contributed by atoms with Crippen molar-refractivity contribution in [2.24, 2.45) is 0 Å². The quantitative estimate of drug-likeness (QED) is 0.867. The SMILES string of the molecule is O=Cc1ccc(C(O)c2ccccc2Cl)c(Cl)c1. The van der Waals surface area contributed by atoms with Gasteiger partial charge in [-0.1, -0.05) is 53.5 Å². The number of benzene rings is 2. The van der Waals surface area contributed by atoms with Gasteiger partial charge >= 0.3 is 0 Å². The Kier molecular flexibility index (Phi) is 4.02. The third kappa shape index (κ3) is 2.56. The number of halogens is 2. The highest BCUT2D eigenvalue weighted by molar-refractivity contribution is 6.32. The zero-order chi connectivity index (χ0) is 13.1. The molecule has 0 saturated carbocycles. The van der Waals surface area contributed by atoms with Crippen molar-refractivity contribution in [2.75, 3.05) is 0 Å². The Labute approximate surface area is 115 Å². The van der Waals surface area contributed by atoms with Gasteiger partial charge in [-0.05, 0) is 12.1 Å². The molecule has 2 aromatic carbocycles. The Morgan fingerprint density at radius 1 is 1.00 bits per heavy atom. The van der Waals surface area contributed by atoms with E-state index in [9.17, 15) is 9.90 Å². The molecule has 0 bridgehead atoms. The summed E-state index contributed by atoms with van der Waals surface area (Å²) in [6.45, 7) is 0. The highest BCUT2D eigenvalue weighted by Crippen LogP contribution is 2.32. The molecular weight excluding hydrogens is 271 g/mol. The van der Waals surface area contributed by atoms with Gasteiger partial charge < -0.3 is 5.11 Å². The molecule has 0 fully saturated rings. The summed E-state index contributed by atoms with van der Waals surface area (Å²) in [5.41, 5.74) is 1.57. The molecule has 2 nitrogen and oxygen atoms in total. The smallest absolute Gasteiger partial charge is 0.150 e. The van der Waals surface area contributed by atoms with Gasteiger partial charge in [0.1, 0.15) is 12.4 Å². The van der Waals surface area contributed by atoms with Crippen LogP contribution in [-0.2, 0) is 0 Å². The van der Waals surface area contributed by atoms with Crippen LogP contribution >= 0.6 is 23.2 Å². The molecule has 0 radical (unpaired) electrons. The first-order valence-electron chi connectivity index (χ1n) is 5.30. The summed E-state index contributed by atoms with van der Waals surface area (Å²) < 4.78 is 0. The van der Waals surface area contributed by atoms with Gasteiger partial charge in [0.15, 0.2) is 0 Å². The van der Waals surface area contributed by atoms with Gasteiger partial charge in [-0.25, -0.2) is 0 Å². The molecule has 4 heteroatoms. The molecule has 2 aromatic rings. The van der Waals surface area contributed by atoms with Crippen molar-refractivity contribution < 1.29 is 9.90 Å². The number of hydrogen-bond acceptors (Lipinski definition) is 2. The molecule has 18 heavy (non-hydrogen) atoms. The lowest BCUT2D eigenvalue weighted by Crippen LogP contribution is -2.01. The summed E-state index contributed by atoms with van der Waals surface area (Å²) in [5, 5.41) is 11.1. The molecule has 0 saturated heterocycles. The van der Waals surface area contributed by atoms with Crippen molar-refractivity contribution in [2.45, 2.75) is 6.10 Å². The van der Waals surface area contributed by atoms with E-state index in [4.69, 9.17) is 23.2 Å². The van der Waals surface area contributed by atoms with Crippen molar-refractivity contribution >= 4 is 29.5 Å². The summed E-state index contributed by atoms with van der Waals surface area (Å²) in [6, 6.07) is 11.8. The summed E-state index contributed by atoms with van der Waals surface area (Å²) in [5.74, 6) is 0. The van der Waals surface area contributed by atoms with Gasteiger partial charge in [0.05, 0.1) is 0 Å². The third-order valence-corrected chi connectivity index (χ3v) is 3.33. The lowest BCUT2D eigenvalue weighted by molar-refractivity contribution is 0.112. The third-order valence-electron chi connectivity index (χ3n) is 2.65. The van der Waals surface area contributed by atoms with E-state index in [0.717, 1.165) is 0 Å². The van der Waals surface area contributed by atoms with E-state index in [2.05, 4.69) is 0 Å². The number of aldehydes is 1. The van der Waals surface area contributed by atoms with E-state index >= 15 is 0 Å². The average Bonchev–Trinajstić information content (AvgIpc) is 2.38. The fourth-order valence-corrected chi connectivity index (χ4v) is 2.23. The van der Waals surface area contributed by atoms with Crippen molar-refractivity contribution in [1.29, 1.82) is 0 Å². The normalized spacial score (nSPS) is 12.2. The average molecular weight is 281 g/mol. The van der Waals surface area contributed by atoms with Crippen LogP contribution in [-0.4, -0.2) is 11.4 Å². The van der Waals surface area contributed by atoms with Crippen LogP contribution in [0.1, 0.15) is 27.6 Å². The van der Waals surface area contributed by atoms with Gasteiger partial charge in [-0.15, -0.1) is 0 Å². The van der Waals surface area contributed by atoms with E-state index in [-0.39, 0.29) is 0 Å². The minimum absolute atomic E-state index is 0.340. The minimum atomic E-state index is -0.910. The number of carbonyl (C=O) groups is 1. The summed E-state index contributed by atoms with van der Waals surface area (Å²) in [6.07, 6.45) is -0.204. The van der Waals surface area contributed by atoms with Gasteiger partial charge in [-0.2, -0.15) is 0 Å². The molecule has 0 aliphatic carbocycles. The monoisotopic (exact) mass is 280 g/mol. The summed E-state index contributed by atoms with van der Waals surface area (Å²) in [4.78, 5) is 10.6. The van der Waals surface area contributed by atoms with Crippen LogP contribution in [0.2, 0.25) is 10.0 Å². The van der Waals surface area contributed by atoms with Gasteiger partial charge in [-0.3, -0.25) is 4.79 Å². The predicted molar refractivity (Wildman–Crippen MR) is 72.4 cm³/mol. The standard InChI is InChI=1S/C14H10Cl2O2/c15-12-4-2-1-3-10(12)14(18)11-6-5-9(8-17)7-13(11)16/h1-8,14,18H. The molecule has 0 amide bonds. The molecule has 1 unspecified atom stereocenters. The van der Waals surface area contributed by atoms with E-state index in [1.54, 1.807) is 36.4 Å². The van der Waals surface area contributed by atoms with E-state index in [1.165, 1.54) is 6.07 Å². The Morgan fingerprint density at radius 2 is 1.67 bits per heavy atom. The maximum atomic E-state index is 10.6. The van der Waals surface area contributed by atoms with Crippen molar-refractivity contribution in [3.8, 4) is 0 Å². The molecule has 0 aliphatic rings. The maximum Gasteiger partial charge on any atom is 0.150 e. The number of aliphatic hydroxyl groups excluding tert-OH is 1. The number of hydrogen-bond donors (Lipinski definition) is 1. The van der Waals surface area contributed by atoms with Crippen LogP contribution in [0.3, 0.4) is 0 Å². The summed E-state index contributed by atoms with van der Waals surface area (Å²) in [7, 11) is 0. The fourth-order valence-electron chi connectivity index (χ4n) is 1.70. The van der Waals surface area contributed by atoms with Gasteiger partial charge in [0.25, 0.3) is 0 Å². The first-order valence-corrected chi connectivity index (χ1v) is 6.06. The Balaban J connectivity index is 2.43. The second kappa shape index (κ2) is 5.53. The molecule has 92 valence electrons. The van der Waals surface area contributed by atoms with Crippen molar-refractivity contribution in [3.63, 3.8) is 0 Å². The van der Waals surface area contributed by atoms with Crippen LogP contribution in [0.5, 0.6) is 0 Å². The van der Waals surface area contributed by atoms with Crippen LogP contribution in [0.15, 0.2) is 42.5 Å². The van der Waals surface area contributed by atoms with Crippen LogP contribution < -0.4 is 0 Å². The molecular formula is C14H10Cl2O2. The van der Waals surface area contributed by atoms with E-state index in [1.807, 2.05) is 0 Å². The van der Waals surface area contributed by atoms with E-state index in [0.29, 0.717) is 33.0 Å². The number of carbonyl (C=O) groups excluding carboxylic acids is 1. The topological polar surface area (TPSA) is 37.3 Å². The molecule has 1 N–H and O–H groups in total. The lowest BCUT2D eigenvalue weighted by atomic mass is 10.0. The second-order valence-corrected chi connectivity index (χ2v) is 4.64. The molecule has 2 rings (SSSR count). The number of aliphatic hydroxyl groups is 1. The zero-order valence-electron chi connectivity index (χ0n) is 9.31. The predicted octanol–water partition coefficient (Wildman–Crippen LogP) is 3.89.